The summed E-state index contributed by atoms with van der Waals surface area (Å²) < 4.78 is 3.02. The number of allylic oxidation sites excluding steroid dienone is 1. The van der Waals surface area contributed by atoms with E-state index >= 15 is 0 Å². The van der Waals surface area contributed by atoms with Gasteiger partial charge in [-0.3, -0.25) is 0 Å². The van der Waals surface area contributed by atoms with Gasteiger partial charge in [0.2, 0.25) is 6.21 Å². The first-order valence-corrected chi connectivity index (χ1v) is 5.58. The van der Waals surface area contributed by atoms with E-state index in [4.69, 9.17) is 0 Å². The van der Waals surface area contributed by atoms with E-state index < -0.39 is 0 Å². The molecule has 1 aliphatic heterocycles. The summed E-state index contributed by atoms with van der Waals surface area (Å²) in [4.78, 5) is 0. The van der Waals surface area contributed by atoms with Gasteiger partial charge >= 0.3 is 0 Å². The molecule has 0 aromatic carbocycles. The standard InChI is InChI=1S/C12H14N2O2/c15-11-3-4-12-9(6-11)7-13-5-1-2-10(13)8-14(12)16/h1-2,4-5,8-9,11,15H,3,6-7H2/t9-,11-/m1/s1. The highest BCUT2D eigenvalue weighted by atomic mass is 16.5. The minimum absolute atomic E-state index is 0.131. The number of aliphatic hydroxyl groups is 1. The van der Waals surface area contributed by atoms with Gasteiger partial charge in [0.15, 0.2) is 5.70 Å². The van der Waals surface area contributed by atoms with Crippen LogP contribution >= 0.6 is 0 Å². The lowest BCUT2D eigenvalue weighted by Gasteiger charge is -2.23. The van der Waals surface area contributed by atoms with Gasteiger partial charge in [0.25, 0.3) is 0 Å². The molecule has 2 heterocycles. The molecule has 1 aliphatic carbocycles. The van der Waals surface area contributed by atoms with Crippen LogP contribution in [0.3, 0.4) is 0 Å². The molecule has 0 saturated heterocycles. The average Bonchev–Trinajstić information content (AvgIpc) is 2.61. The third-order valence-corrected chi connectivity index (χ3v) is 3.36. The highest BCUT2D eigenvalue weighted by Gasteiger charge is 2.31. The summed E-state index contributed by atoms with van der Waals surface area (Å²) >= 11 is 0. The van der Waals surface area contributed by atoms with E-state index in [0.717, 1.165) is 22.7 Å². The Morgan fingerprint density at radius 1 is 1.50 bits per heavy atom. The van der Waals surface area contributed by atoms with Crippen molar-refractivity contribution in [3.8, 4) is 0 Å². The predicted octanol–water partition coefficient (Wildman–Crippen LogP) is 1.09. The number of nitrogens with zero attached hydrogens (tertiary/aromatic N) is 2. The lowest BCUT2D eigenvalue weighted by Crippen LogP contribution is -2.25. The van der Waals surface area contributed by atoms with Crippen LogP contribution in [0.1, 0.15) is 18.5 Å². The molecule has 3 rings (SSSR count). The Morgan fingerprint density at radius 2 is 2.38 bits per heavy atom. The minimum atomic E-state index is -0.306. The molecule has 1 N–H and O–H groups in total. The lowest BCUT2D eigenvalue weighted by molar-refractivity contribution is -0.406. The Labute approximate surface area is 93.7 Å². The van der Waals surface area contributed by atoms with E-state index in [1.54, 1.807) is 6.21 Å². The first-order valence-electron chi connectivity index (χ1n) is 5.58. The van der Waals surface area contributed by atoms with Gasteiger partial charge in [0, 0.05) is 12.7 Å². The second-order valence-electron chi connectivity index (χ2n) is 4.49. The van der Waals surface area contributed by atoms with Crippen molar-refractivity contribution >= 4 is 6.21 Å². The van der Waals surface area contributed by atoms with Crippen molar-refractivity contribution in [1.29, 1.82) is 0 Å². The van der Waals surface area contributed by atoms with Crippen LogP contribution in [0.15, 0.2) is 30.1 Å². The molecule has 0 bridgehead atoms. The number of hydrogen-bond donors (Lipinski definition) is 1. The lowest BCUT2D eigenvalue weighted by atomic mass is 9.90. The Morgan fingerprint density at radius 3 is 3.25 bits per heavy atom. The van der Waals surface area contributed by atoms with Gasteiger partial charge in [0.05, 0.1) is 12.0 Å². The van der Waals surface area contributed by atoms with Crippen LogP contribution in [-0.2, 0) is 6.54 Å². The van der Waals surface area contributed by atoms with E-state index in [2.05, 4.69) is 4.57 Å². The quantitative estimate of drug-likeness (QED) is 0.523. The minimum Gasteiger partial charge on any atom is -0.618 e. The molecule has 0 saturated carbocycles. The maximum absolute atomic E-state index is 11.9. The van der Waals surface area contributed by atoms with Crippen LogP contribution in [0.5, 0.6) is 0 Å². The van der Waals surface area contributed by atoms with Crippen molar-refractivity contribution in [3.05, 3.63) is 41.0 Å². The monoisotopic (exact) mass is 218 g/mol. The fourth-order valence-corrected chi connectivity index (χ4v) is 2.55. The molecule has 0 fully saturated rings. The van der Waals surface area contributed by atoms with Crippen molar-refractivity contribution in [2.24, 2.45) is 5.92 Å². The van der Waals surface area contributed by atoms with Gasteiger partial charge < -0.3 is 14.9 Å². The first kappa shape index (κ1) is 9.66. The number of aromatic nitrogens is 1. The summed E-state index contributed by atoms with van der Waals surface area (Å²) in [6.45, 7) is 0.778. The molecule has 0 amide bonds. The molecule has 84 valence electrons. The molecule has 4 nitrogen and oxygen atoms in total. The second kappa shape index (κ2) is 3.49. The number of rotatable bonds is 0. The normalized spacial score (nSPS) is 28.6. The maximum atomic E-state index is 11.9. The van der Waals surface area contributed by atoms with Gasteiger partial charge in [-0.15, -0.1) is 0 Å². The molecular weight excluding hydrogens is 204 g/mol. The summed E-state index contributed by atoms with van der Waals surface area (Å²) in [6.07, 6.45) is 6.42. The van der Waals surface area contributed by atoms with Crippen LogP contribution in [-0.4, -0.2) is 26.7 Å². The number of hydrogen-bond acceptors (Lipinski definition) is 2. The largest absolute Gasteiger partial charge is 0.618 e. The molecule has 4 heteroatoms. The molecule has 2 aliphatic rings. The average molecular weight is 218 g/mol. The smallest absolute Gasteiger partial charge is 0.204 e. The molecule has 0 unspecified atom stereocenters. The Bertz CT molecular complexity index is 473. The highest BCUT2D eigenvalue weighted by molar-refractivity contribution is 5.74. The van der Waals surface area contributed by atoms with Crippen molar-refractivity contribution in [1.82, 2.24) is 4.57 Å². The summed E-state index contributed by atoms with van der Waals surface area (Å²) in [5.41, 5.74) is 1.73. The summed E-state index contributed by atoms with van der Waals surface area (Å²) in [7, 11) is 0. The first-order chi connectivity index (χ1) is 7.74. The summed E-state index contributed by atoms with van der Waals surface area (Å²) in [6, 6.07) is 3.87. The van der Waals surface area contributed by atoms with Crippen LogP contribution in [0.2, 0.25) is 0 Å². The zero-order valence-corrected chi connectivity index (χ0v) is 8.91. The zero-order valence-electron chi connectivity index (χ0n) is 8.91. The van der Waals surface area contributed by atoms with Crippen molar-refractivity contribution in [3.63, 3.8) is 0 Å². The van der Waals surface area contributed by atoms with Gasteiger partial charge in [0.1, 0.15) is 5.69 Å². The fourth-order valence-electron chi connectivity index (χ4n) is 2.55. The predicted molar refractivity (Wildman–Crippen MR) is 60.0 cm³/mol. The zero-order chi connectivity index (χ0) is 11.1. The maximum Gasteiger partial charge on any atom is 0.204 e. The summed E-state index contributed by atoms with van der Waals surface area (Å²) in [5.74, 6) is 0.131. The van der Waals surface area contributed by atoms with Gasteiger partial charge in [-0.2, -0.15) is 4.74 Å². The van der Waals surface area contributed by atoms with E-state index in [0.29, 0.717) is 12.8 Å². The third-order valence-electron chi connectivity index (χ3n) is 3.36. The molecule has 16 heavy (non-hydrogen) atoms. The summed E-state index contributed by atoms with van der Waals surface area (Å²) in [5, 5.41) is 21.6. The van der Waals surface area contributed by atoms with Crippen molar-refractivity contribution < 1.29 is 9.85 Å². The van der Waals surface area contributed by atoms with Gasteiger partial charge in [-0.1, -0.05) is 0 Å². The molecule has 0 spiro atoms. The molecule has 1 aromatic rings. The van der Waals surface area contributed by atoms with Crippen molar-refractivity contribution in [2.45, 2.75) is 25.5 Å². The SMILES string of the molecule is [O-][N+]1=Cc2cccn2C[C@H]2C[C@H](O)CC=C21. The van der Waals surface area contributed by atoms with E-state index in [-0.39, 0.29) is 12.0 Å². The van der Waals surface area contributed by atoms with Crippen LogP contribution < -0.4 is 0 Å². The van der Waals surface area contributed by atoms with Crippen LogP contribution in [0.25, 0.3) is 0 Å². The topological polar surface area (TPSA) is 51.2 Å². The van der Waals surface area contributed by atoms with Crippen molar-refractivity contribution in [2.75, 3.05) is 0 Å². The van der Waals surface area contributed by atoms with Crippen LogP contribution in [0, 0.1) is 11.1 Å². The molecule has 1 aromatic heterocycles. The van der Waals surface area contributed by atoms with Gasteiger partial charge in [-0.05, 0) is 31.1 Å². The Hall–Kier alpha value is -1.55. The third kappa shape index (κ3) is 1.46. The Kier molecular flexibility index (Phi) is 2.11. The van der Waals surface area contributed by atoms with E-state index in [1.807, 2.05) is 24.4 Å². The fraction of sp³-hybridized carbons (Fsp3) is 0.417. The number of fused-ring (bicyclic) bond motifs is 2. The molecular formula is C12H14N2O2. The van der Waals surface area contributed by atoms with Gasteiger partial charge in [-0.25, -0.2) is 0 Å². The van der Waals surface area contributed by atoms with Crippen LogP contribution in [0.4, 0.5) is 0 Å². The van der Waals surface area contributed by atoms with E-state index in [9.17, 15) is 10.3 Å². The number of aliphatic hydroxyl groups excluding tert-OH is 1. The molecule has 0 radical (unpaired) electrons. The van der Waals surface area contributed by atoms with E-state index in [1.165, 1.54) is 0 Å². The highest BCUT2D eigenvalue weighted by Crippen LogP contribution is 2.29. The number of hydroxylamine groups is 1. The second-order valence-corrected chi connectivity index (χ2v) is 4.49. The Balaban J connectivity index is 2.05. The molecule has 2 atom stereocenters.